The number of thiophene rings is 1. The minimum atomic E-state index is -0.864. The predicted octanol–water partition coefficient (Wildman–Crippen LogP) is 0.989. The molecule has 0 bridgehead atoms. The van der Waals surface area contributed by atoms with Crippen LogP contribution in [0.2, 0.25) is 0 Å². The summed E-state index contributed by atoms with van der Waals surface area (Å²) < 4.78 is 0. The molecule has 2 saturated heterocycles. The lowest BCUT2D eigenvalue weighted by Crippen LogP contribution is -2.55. The number of likely N-dealkylation sites (tertiary alicyclic amines) is 2. The normalized spacial score (nSPS) is 22.9. The summed E-state index contributed by atoms with van der Waals surface area (Å²) in [5, 5.41) is 18.3. The van der Waals surface area contributed by atoms with E-state index in [-0.39, 0.29) is 18.9 Å². The first-order chi connectivity index (χ1) is 12.0. The largest absolute Gasteiger partial charge is 0.481 e. The molecule has 1 aromatic heterocycles. The summed E-state index contributed by atoms with van der Waals surface area (Å²) in [6.45, 7) is 2.21. The highest BCUT2D eigenvalue weighted by Crippen LogP contribution is 2.43. The van der Waals surface area contributed by atoms with Gasteiger partial charge >= 0.3 is 5.97 Å². The van der Waals surface area contributed by atoms with Gasteiger partial charge in [-0.15, -0.1) is 11.3 Å². The second-order valence-electron chi connectivity index (χ2n) is 6.65. The van der Waals surface area contributed by atoms with Gasteiger partial charge in [0.1, 0.15) is 6.61 Å². The van der Waals surface area contributed by atoms with Crippen LogP contribution in [0.4, 0.5) is 0 Å². The summed E-state index contributed by atoms with van der Waals surface area (Å²) >= 11 is 1.61. The van der Waals surface area contributed by atoms with Crippen LogP contribution in [0.3, 0.4) is 0 Å². The predicted molar refractivity (Wildman–Crippen MR) is 94.0 cm³/mol. The van der Waals surface area contributed by atoms with Gasteiger partial charge in [-0.3, -0.25) is 14.5 Å². The number of carbonyl (C=O) groups is 2. The van der Waals surface area contributed by atoms with Crippen molar-refractivity contribution in [3.8, 4) is 11.8 Å². The zero-order chi connectivity index (χ0) is 18.0. The molecule has 1 spiro atoms. The fourth-order valence-corrected chi connectivity index (χ4v) is 4.89. The van der Waals surface area contributed by atoms with Crippen LogP contribution in [0.5, 0.6) is 0 Å². The maximum absolute atomic E-state index is 12.0. The van der Waals surface area contributed by atoms with E-state index in [4.69, 9.17) is 5.11 Å². The molecule has 1 amide bonds. The Morgan fingerprint density at radius 3 is 2.76 bits per heavy atom. The van der Waals surface area contributed by atoms with E-state index in [2.05, 4.69) is 16.7 Å². The number of rotatable bonds is 3. The number of aliphatic carboxylic acids is 1. The fraction of sp³-hybridized carbons (Fsp3) is 0.556. The number of hydrogen-bond donors (Lipinski definition) is 2. The summed E-state index contributed by atoms with van der Waals surface area (Å²) in [4.78, 5) is 29.8. The number of piperidine rings is 1. The average molecular weight is 362 g/mol. The number of hydrogen-bond acceptors (Lipinski definition) is 5. The van der Waals surface area contributed by atoms with Gasteiger partial charge in [-0.25, -0.2) is 0 Å². The molecule has 0 aromatic carbocycles. The van der Waals surface area contributed by atoms with Gasteiger partial charge in [-0.2, -0.15) is 0 Å². The van der Waals surface area contributed by atoms with Gasteiger partial charge < -0.3 is 15.1 Å². The van der Waals surface area contributed by atoms with Crippen molar-refractivity contribution in [2.45, 2.75) is 31.3 Å². The second-order valence-corrected chi connectivity index (χ2v) is 7.82. The monoisotopic (exact) mass is 362 g/mol. The number of carbonyl (C=O) groups excluding carboxylic acids is 1. The lowest BCUT2D eigenvalue weighted by molar-refractivity contribution is -0.146. The van der Waals surface area contributed by atoms with Gasteiger partial charge in [-0.1, -0.05) is 11.8 Å². The highest BCUT2D eigenvalue weighted by Gasteiger charge is 2.55. The molecule has 1 aromatic rings. The summed E-state index contributed by atoms with van der Waals surface area (Å²) in [5.41, 5.74) is -0.535. The summed E-state index contributed by atoms with van der Waals surface area (Å²) in [6, 6.07) is 4.00. The van der Waals surface area contributed by atoms with Crippen LogP contribution in [-0.4, -0.2) is 64.2 Å². The van der Waals surface area contributed by atoms with E-state index in [0.29, 0.717) is 12.8 Å². The quantitative estimate of drug-likeness (QED) is 0.784. The molecule has 2 fully saturated rings. The molecule has 134 valence electrons. The first-order valence-electron chi connectivity index (χ1n) is 8.36. The molecule has 1 atom stereocenters. The van der Waals surface area contributed by atoms with Crippen molar-refractivity contribution >= 4 is 23.2 Å². The van der Waals surface area contributed by atoms with Crippen molar-refractivity contribution < 1.29 is 19.8 Å². The molecule has 3 heterocycles. The first kappa shape index (κ1) is 17.9. The molecule has 0 unspecified atom stereocenters. The highest BCUT2D eigenvalue weighted by atomic mass is 32.1. The van der Waals surface area contributed by atoms with Crippen molar-refractivity contribution in [1.29, 1.82) is 0 Å². The molecular weight excluding hydrogens is 340 g/mol. The van der Waals surface area contributed by atoms with E-state index in [1.807, 2.05) is 12.1 Å². The Morgan fingerprint density at radius 2 is 2.12 bits per heavy atom. The number of nitrogens with zero attached hydrogens (tertiary/aromatic N) is 2. The Bertz CT molecular complexity index is 725. The molecule has 2 N–H and O–H groups in total. The van der Waals surface area contributed by atoms with Crippen molar-refractivity contribution in [3.63, 3.8) is 0 Å². The van der Waals surface area contributed by atoms with E-state index >= 15 is 0 Å². The Balaban J connectivity index is 1.64. The minimum absolute atomic E-state index is 0.0637. The van der Waals surface area contributed by atoms with Gasteiger partial charge in [0.25, 0.3) is 0 Å². The fourth-order valence-electron chi connectivity index (χ4n) is 3.96. The molecule has 0 saturated carbocycles. The van der Waals surface area contributed by atoms with Gasteiger partial charge in [0.2, 0.25) is 5.91 Å². The Labute approximate surface area is 151 Å². The Morgan fingerprint density at radius 1 is 1.40 bits per heavy atom. The SMILES string of the molecule is CN1C(=O)C[C@@H](C(=O)O)C12CCN(Cc1ccc(C#CCO)s1)CC2. The highest BCUT2D eigenvalue weighted by molar-refractivity contribution is 7.12. The molecule has 6 nitrogen and oxygen atoms in total. The van der Waals surface area contributed by atoms with E-state index in [0.717, 1.165) is 24.5 Å². The molecule has 25 heavy (non-hydrogen) atoms. The van der Waals surface area contributed by atoms with E-state index in [1.165, 1.54) is 4.88 Å². The molecule has 0 aliphatic carbocycles. The maximum atomic E-state index is 12.0. The first-order valence-corrected chi connectivity index (χ1v) is 9.18. The second kappa shape index (κ2) is 7.16. The number of carboxylic acids is 1. The van der Waals surface area contributed by atoms with Crippen LogP contribution in [0.1, 0.15) is 29.0 Å². The van der Waals surface area contributed by atoms with Crippen LogP contribution in [-0.2, 0) is 16.1 Å². The van der Waals surface area contributed by atoms with Crippen molar-refractivity contribution in [3.05, 3.63) is 21.9 Å². The van der Waals surface area contributed by atoms with Crippen LogP contribution in [0.15, 0.2) is 12.1 Å². The number of amides is 1. The summed E-state index contributed by atoms with van der Waals surface area (Å²) in [6.07, 6.45) is 1.49. The lowest BCUT2D eigenvalue weighted by atomic mass is 9.77. The minimum Gasteiger partial charge on any atom is -0.481 e. The van der Waals surface area contributed by atoms with Crippen LogP contribution < -0.4 is 0 Å². The summed E-state index contributed by atoms with van der Waals surface area (Å²) in [5.74, 6) is 4.03. The molecule has 3 rings (SSSR count). The third kappa shape index (κ3) is 3.43. The van der Waals surface area contributed by atoms with Gasteiger partial charge in [0.15, 0.2) is 0 Å². The number of carboxylic acid groups (broad SMARTS) is 1. The molecule has 0 radical (unpaired) electrons. The zero-order valence-electron chi connectivity index (χ0n) is 14.2. The van der Waals surface area contributed by atoms with Crippen molar-refractivity contribution in [2.24, 2.45) is 5.92 Å². The maximum Gasteiger partial charge on any atom is 0.309 e. The topological polar surface area (TPSA) is 81.1 Å². The van der Waals surface area contributed by atoms with Crippen LogP contribution in [0.25, 0.3) is 0 Å². The number of aliphatic hydroxyl groups excluding tert-OH is 1. The summed E-state index contributed by atoms with van der Waals surface area (Å²) in [7, 11) is 1.74. The standard InChI is InChI=1S/C18H22N2O4S/c1-19-16(22)11-15(17(23)24)18(19)6-8-20(9-7-18)12-14-5-4-13(25-14)3-2-10-21/h4-5,15,21H,6-12H2,1H3,(H,23,24)/t15-/m0/s1. The van der Waals surface area contributed by atoms with E-state index in [9.17, 15) is 14.7 Å². The molecule has 7 heteroatoms. The van der Waals surface area contributed by atoms with Gasteiger partial charge in [0.05, 0.1) is 16.3 Å². The van der Waals surface area contributed by atoms with Gasteiger partial charge in [0, 0.05) is 38.0 Å². The zero-order valence-corrected chi connectivity index (χ0v) is 15.0. The van der Waals surface area contributed by atoms with Crippen molar-refractivity contribution in [1.82, 2.24) is 9.80 Å². The van der Waals surface area contributed by atoms with Crippen LogP contribution >= 0.6 is 11.3 Å². The molecule has 2 aliphatic rings. The third-order valence-electron chi connectivity index (χ3n) is 5.42. The van der Waals surface area contributed by atoms with E-state index in [1.54, 1.807) is 23.3 Å². The number of aliphatic hydroxyl groups is 1. The smallest absolute Gasteiger partial charge is 0.309 e. The lowest BCUT2D eigenvalue weighted by Gasteiger charge is -2.45. The van der Waals surface area contributed by atoms with Gasteiger partial charge in [-0.05, 0) is 25.0 Å². The molecular formula is C18H22N2O4S. The van der Waals surface area contributed by atoms with Crippen LogP contribution in [0, 0.1) is 17.8 Å². The van der Waals surface area contributed by atoms with Crippen molar-refractivity contribution in [2.75, 3.05) is 26.7 Å². The molecule has 2 aliphatic heterocycles. The average Bonchev–Trinajstić information content (AvgIpc) is 3.13. The Kier molecular flexibility index (Phi) is 5.13. The third-order valence-corrected chi connectivity index (χ3v) is 6.41. The van der Waals surface area contributed by atoms with E-state index < -0.39 is 17.4 Å². The Hall–Kier alpha value is -1.88.